The van der Waals surface area contributed by atoms with Gasteiger partial charge in [-0.2, -0.15) is 0 Å². The molecular weight excluding hydrogens is 249 g/mol. The van der Waals surface area contributed by atoms with Gasteiger partial charge in [-0.15, -0.1) is 0 Å². The van der Waals surface area contributed by atoms with Gasteiger partial charge >= 0.3 is 0 Å². The second-order valence-corrected chi connectivity index (χ2v) is 5.57. The van der Waals surface area contributed by atoms with E-state index in [9.17, 15) is 17.6 Å². The van der Waals surface area contributed by atoms with Crippen molar-refractivity contribution in [3.63, 3.8) is 0 Å². The first-order valence-corrected chi connectivity index (χ1v) is 6.43. The Balaban J connectivity index is 2.31. The van der Waals surface area contributed by atoms with Crippen molar-refractivity contribution < 1.29 is 17.6 Å². The fourth-order valence-electron chi connectivity index (χ4n) is 1.68. The van der Waals surface area contributed by atoms with E-state index in [-0.39, 0.29) is 18.8 Å². The average molecular weight is 259 g/mol. The molecule has 0 bridgehead atoms. The molecule has 17 heavy (non-hydrogen) atoms. The molecule has 1 aliphatic rings. The van der Waals surface area contributed by atoms with Gasteiger partial charge in [0.2, 0.25) is 15.9 Å². The van der Waals surface area contributed by atoms with Gasteiger partial charge in [-0.3, -0.25) is 9.69 Å². The molecule has 2 heterocycles. The normalized spacial score (nSPS) is 20.9. The van der Waals surface area contributed by atoms with Crippen LogP contribution in [0.15, 0.2) is 18.3 Å². The summed E-state index contributed by atoms with van der Waals surface area (Å²) >= 11 is 0. The summed E-state index contributed by atoms with van der Waals surface area (Å²) < 4.78 is 35.7. The second-order valence-electron chi connectivity index (χ2n) is 3.73. The van der Waals surface area contributed by atoms with E-state index in [4.69, 9.17) is 5.14 Å². The zero-order valence-corrected chi connectivity index (χ0v) is 9.52. The number of pyridine rings is 1. The number of nitrogens with zero attached hydrogens (tertiary/aromatic N) is 2. The Kier molecular flexibility index (Phi) is 2.84. The minimum atomic E-state index is -3.80. The molecule has 2 rings (SSSR count). The van der Waals surface area contributed by atoms with E-state index in [0.29, 0.717) is 0 Å². The van der Waals surface area contributed by atoms with Crippen molar-refractivity contribution in [3.05, 3.63) is 24.1 Å². The highest BCUT2D eigenvalue weighted by molar-refractivity contribution is 7.89. The van der Waals surface area contributed by atoms with Crippen molar-refractivity contribution in [1.29, 1.82) is 0 Å². The van der Waals surface area contributed by atoms with Gasteiger partial charge in [-0.25, -0.2) is 22.9 Å². The van der Waals surface area contributed by atoms with Gasteiger partial charge in [0.1, 0.15) is 5.25 Å². The first-order valence-electron chi connectivity index (χ1n) is 4.82. The number of anilines is 1. The molecule has 1 unspecified atom stereocenters. The van der Waals surface area contributed by atoms with Crippen molar-refractivity contribution in [3.8, 4) is 0 Å². The molecule has 0 aromatic carbocycles. The van der Waals surface area contributed by atoms with E-state index in [1.165, 1.54) is 12.3 Å². The van der Waals surface area contributed by atoms with E-state index in [2.05, 4.69) is 4.98 Å². The lowest BCUT2D eigenvalue weighted by Crippen LogP contribution is -2.32. The lowest BCUT2D eigenvalue weighted by molar-refractivity contribution is -0.117. The van der Waals surface area contributed by atoms with Crippen LogP contribution in [-0.4, -0.2) is 31.1 Å². The number of hydrogen-bond acceptors (Lipinski definition) is 4. The molecule has 0 saturated carbocycles. The number of aromatic nitrogens is 1. The predicted octanol–water partition coefficient (Wildman–Crippen LogP) is -0.385. The largest absolute Gasteiger partial charge is 0.293 e. The molecule has 0 radical (unpaired) electrons. The molecule has 6 nitrogen and oxygen atoms in total. The molecule has 1 aromatic heterocycles. The molecule has 1 aromatic rings. The summed E-state index contributed by atoms with van der Waals surface area (Å²) in [6, 6.07) is 2.54. The van der Waals surface area contributed by atoms with Crippen LogP contribution in [0, 0.1) is 5.82 Å². The van der Waals surface area contributed by atoms with Crippen molar-refractivity contribution in [1.82, 2.24) is 4.98 Å². The van der Waals surface area contributed by atoms with Gasteiger partial charge < -0.3 is 0 Å². The molecule has 0 spiro atoms. The molecule has 1 atom stereocenters. The monoisotopic (exact) mass is 259 g/mol. The number of nitrogens with two attached hydrogens (primary N) is 1. The van der Waals surface area contributed by atoms with Crippen LogP contribution in [0.4, 0.5) is 10.2 Å². The summed E-state index contributed by atoms with van der Waals surface area (Å²) in [5.41, 5.74) is 0. The van der Waals surface area contributed by atoms with E-state index in [0.717, 1.165) is 11.0 Å². The molecule has 2 N–H and O–H groups in total. The predicted molar refractivity (Wildman–Crippen MR) is 58.1 cm³/mol. The Hall–Kier alpha value is -1.54. The summed E-state index contributed by atoms with van der Waals surface area (Å²) in [5, 5.41) is 3.96. The molecular formula is C9H10FN3O3S. The Bertz CT molecular complexity index is 560. The van der Waals surface area contributed by atoms with Crippen LogP contribution in [0.5, 0.6) is 0 Å². The maximum absolute atomic E-state index is 13.4. The van der Waals surface area contributed by atoms with Crippen LogP contribution >= 0.6 is 0 Å². The van der Waals surface area contributed by atoms with Crippen molar-refractivity contribution >= 4 is 21.7 Å². The number of rotatable bonds is 2. The first kappa shape index (κ1) is 11.9. The Morgan fingerprint density at radius 3 is 2.76 bits per heavy atom. The highest BCUT2D eigenvalue weighted by Crippen LogP contribution is 2.24. The number of carbonyl (C=O) groups excluding carboxylic acids is 1. The van der Waals surface area contributed by atoms with Gasteiger partial charge in [-0.05, 0) is 12.1 Å². The number of carbonyl (C=O) groups is 1. The zero-order chi connectivity index (χ0) is 12.6. The standard InChI is InChI=1S/C9H10FN3O3S/c10-7-2-1-3-12-9(7)13-5-6(4-8(13)14)17(11,15)16/h1-3,6H,4-5H2,(H2,11,15,16). The molecule has 1 fully saturated rings. The lowest BCUT2D eigenvalue weighted by Gasteiger charge is -2.15. The van der Waals surface area contributed by atoms with E-state index >= 15 is 0 Å². The van der Waals surface area contributed by atoms with Crippen LogP contribution < -0.4 is 10.0 Å². The fourth-order valence-corrected chi connectivity index (χ4v) is 2.41. The summed E-state index contributed by atoms with van der Waals surface area (Å²) in [6.07, 6.45) is 1.09. The number of sulfonamides is 1. The smallest absolute Gasteiger partial charge is 0.229 e. The van der Waals surface area contributed by atoms with Crippen molar-refractivity contribution in [2.24, 2.45) is 5.14 Å². The molecule has 92 valence electrons. The fraction of sp³-hybridized carbons (Fsp3) is 0.333. The topological polar surface area (TPSA) is 93.4 Å². The Morgan fingerprint density at radius 2 is 2.24 bits per heavy atom. The van der Waals surface area contributed by atoms with Gasteiger partial charge in [-0.1, -0.05) is 0 Å². The van der Waals surface area contributed by atoms with Gasteiger partial charge in [0.25, 0.3) is 0 Å². The quantitative estimate of drug-likeness (QED) is 0.783. The lowest BCUT2D eigenvalue weighted by atomic mass is 10.4. The maximum atomic E-state index is 13.4. The average Bonchev–Trinajstić information content (AvgIpc) is 2.61. The summed E-state index contributed by atoms with van der Waals surface area (Å²) in [6.45, 7) is -0.161. The third kappa shape index (κ3) is 2.27. The number of amides is 1. The third-order valence-electron chi connectivity index (χ3n) is 2.55. The summed E-state index contributed by atoms with van der Waals surface area (Å²) in [4.78, 5) is 16.3. The molecule has 1 saturated heterocycles. The summed E-state index contributed by atoms with van der Waals surface area (Å²) in [5.74, 6) is -1.33. The number of halogens is 1. The minimum Gasteiger partial charge on any atom is -0.293 e. The number of hydrogen-bond donors (Lipinski definition) is 1. The van der Waals surface area contributed by atoms with Gasteiger partial charge in [0, 0.05) is 19.2 Å². The van der Waals surface area contributed by atoms with Crippen molar-refractivity contribution in [2.45, 2.75) is 11.7 Å². The SMILES string of the molecule is NS(=O)(=O)C1CC(=O)N(c2ncccc2F)C1. The Labute approximate surface area is 97.3 Å². The van der Waals surface area contributed by atoms with Crippen molar-refractivity contribution in [2.75, 3.05) is 11.4 Å². The minimum absolute atomic E-state index is 0.161. The molecule has 8 heteroatoms. The zero-order valence-electron chi connectivity index (χ0n) is 8.71. The van der Waals surface area contributed by atoms with Crippen LogP contribution in [0.25, 0.3) is 0 Å². The Morgan fingerprint density at radius 1 is 1.53 bits per heavy atom. The maximum Gasteiger partial charge on any atom is 0.229 e. The van der Waals surface area contributed by atoms with E-state index < -0.39 is 27.0 Å². The molecule has 0 aliphatic carbocycles. The second kappa shape index (κ2) is 4.04. The van der Waals surface area contributed by atoms with Gasteiger partial charge in [0.05, 0.1) is 0 Å². The molecule has 1 amide bonds. The summed E-state index contributed by atoms with van der Waals surface area (Å²) in [7, 11) is -3.80. The van der Waals surface area contributed by atoms with Crippen LogP contribution in [-0.2, 0) is 14.8 Å². The molecule has 1 aliphatic heterocycles. The van der Waals surface area contributed by atoms with Crippen LogP contribution in [0.2, 0.25) is 0 Å². The highest BCUT2D eigenvalue weighted by Gasteiger charge is 2.38. The number of primary sulfonamides is 1. The van der Waals surface area contributed by atoms with E-state index in [1.807, 2.05) is 0 Å². The third-order valence-corrected chi connectivity index (χ3v) is 3.79. The van der Waals surface area contributed by atoms with Gasteiger partial charge in [0.15, 0.2) is 11.6 Å². The first-order chi connectivity index (χ1) is 7.89. The van der Waals surface area contributed by atoms with Crippen LogP contribution in [0.1, 0.15) is 6.42 Å². The van der Waals surface area contributed by atoms with Crippen LogP contribution in [0.3, 0.4) is 0 Å². The highest BCUT2D eigenvalue weighted by atomic mass is 32.2. The van der Waals surface area contributed by atoms with E-state index in [1.54, 1.807) is 0 Å².